The molecule has 0 aromatic heterocycles. The van der Waals surface area contributed by atoms with E-state index in [9.17, 15) is 13.8 Å². The molecule has 2 amide bonds. The lowest BCUT2D eigenvalue weighted by molar-refractivity contribution is -0.132. The molecule has 1 aliphatic heterocycles. The van der Waals surface area contributed by atoms with Crippen molar-refractivity contribution >= 4 is 51.7 Å². The second-order valence-corrected chi connectivity index (χ2v) is 9.33. The first kappa shape index (κ1) is 19.4. The van der Waals surface area contributed by atoms with E-state index in [1.807, 2.05) is 12.1 Å². The molecular weight excluding hydrogens is 419 g/mol. The first-order valence-corrected chi connectivity index (χ1v) is 10.8. The molecule has 5 nitrogen and oxygen atoms in total. The molecule has 1 heterocycles. The summed E-state index contributed by atoms with van der Waals surface area (Å²) in [6, 6.07) is 8.51. The summed E-state index contributed by atoms with van der Waals surface area (Å²) in [7, 11) is -0.171. The number of nitrogens with zero attached hydrogens (tertiary/aromatic N) is 1. The molecule has 4 rings (SSSR count). The van der Waals surface area contributed by atoms with Crippen LogP contribution in [-0.2, 0) is 33.4 Å². The van der Waals surface area contributed by atoms with Crippen LogP contribution in [0, 0.1) is 0 Å². The Morgan fingerprint density at radius 2 is 1.82 bits per heavy atom. The molecule has 2 unspecified atom stereocenters. The molecule has 0 radical (unpaired) electrons. The van der Waals surface area contributed by atoms with E-state index in [0.29, 0.717) is 26.2 Å². The maximum absolute atomic E-state index is 13.1. The SMILES string of the molecule is CN1C(=O)C(C(=O)Nc2cc(Cl)ccc2Cl)c2cc3c(cc2S1=O)CCCC3. The average molecular weight is 437 g/mol. The van der Waals surface area contributed by atoms with Crippen LogP contribution >= 0.6 is 23.2 Å². The van der Waals surface area contributed by atoms with Gasteiger partial charge in [0.05, 0.1) is 15.6 Å². The highest BCUT2D eigenvalue weighted by atomic mass is 35.5. The molecule has 8 heteroatoms. The molecule has 1 aliphatic carbocycles. The number of carbonyl (C=O) groups excluding carboxylic acids is 2. The minimum absolute atomic E-state index is 0.323. The number of anilines is 1. The van der Waals surface area contributed by atoms with E-state index in [1.54, 1.807) is 12.1 Å². The number of benzene rings is 2. The summed E-state index contributed by atoms with van der Waals surface area (Å²) in [4.78, 5) is 26.5. The van der Waals surface area contributed by atoms with Crippen molar-refractivity contribution in [3.05, 3.63) is 57.1 Å². The smallest absolute Gasteiger partial charge is 0.251 e. The van der Waals surface area contributed by atoms with Gasteiger partial charge < -0.3 is 5.32 Å². The first-order valence-electron chi connectivity index (χ1n) is 8.98. The molecule has 146 valence electrons. The molecule has 1 N–H and O–H groups in total. The second kappa shape index (κ2) is 7.50. The van der Waals surface area contributed by atoms with E-state index < -0.39 is 28.7 Å². The summed E-state index contributed by atoms with van der Waals surface area (Å²) >= 11 is 12.1. The highest BCUT2D eigenvalue weighted by Crippen LogP contribution is 2.37. The molecule has 0 saturated carbocycles. The molecule has 0 bridgehead atoms. The van der Waals surface area contributed by atoms with Gasteiger partial charge in [0.2, 0.25) is 5.91 Å². The zero-order chi connectivity index (χ0) is 20.0. The number of hydrogen-bond donors (Lipinski definition) is 1. The Morgan fingerprint density at radius 1 is 1.14 bits per heavy atom. The van der Waals surface area contributed by atoms with Crippen molar-refractivity contribution in [2.24, 2.45) is 0 Å². The number of hydrogen-bond acceptors (Lipinski definition) is 3. The van der Waals surface area contributed by atoms with Crippen molar-refractivity contribution < 1.29 is 13.8 Å². The third kappa shape index (κ3) is 3.34. The topological polar surface area (TPSA) is 66.5 Å². The lowest BCUT2D eigenvalue weighted by Crippen LogP contribution is -2.43. The fourth-order valence-electron chi connectivity index (χ4n) is 3.75. The van der Waals surface area contributed by atoms with Crippen LogP contribution in [0.1, 0.15) is 35.4 Å². The maximum Gasteiger partial charge on any atom is 0.251 e. The van der Waals surface area contributed by atoms with Gasteiger partial charge >= 0.3 is 0 Å². The lowest BCUT2D eigenvalue weighted by atomic mass is 9.86. The summed E-state index contributed by atoms with van der Waals surface area (Å²) in [6.07, 6.45) is 3.97. The minimum atomic E-state index is -1.62. The Kier molecular flexibility index (Phi) is 5.21. The Labute approximate surface area is 175 Å². The minimum Gasteiger partial charge on any atom is -0.324 e. The average Bonchev–Trinajstić information content (AvgIpc) is 2.68. The van der Waals surface area contributed by atoms with E-state index in [2.05, 4.69) is 5.32 Å². The lowest BCUT2D eigenvalue weighted by Gasteiger charge is -2.31. The number of carbonyl (C=O) groups is 2. The summed E-state index contributed by atoms with van der Waals surface area (Å²) in [5.41, 5.74) is 3.12. The van der Waals surface area contributed by atoms with Crippen LogP contribution < -0.4 is 5.32 Å². The zero-order valence-electron chi connectivity index (χ0n) is 15.1. The highest BCUT2D eigenvalue weighted by Gasteiger charge is 2.41. The van der Waals surface area contributed by atoms with E-state index >= 15 is 0 Å². The summed E-state index contributed by atoms with van der Waals surface area (Å²) in [5.74, 6) is -2.10. The number of fused-ring (bicyclic) bond motifs is 2. The monoisotopic (exact) mass is 436 g/mol. The van der Waals surface area contributed by atoms with Crippen molar-refractivity contribution in [2.45, 2.75) is 36.5 Å². The maximum atomic E-state index is 13.1. The number of halogens is 2. The molecule has 2 aromatic rings. The quantitative estimate of drug-likeness (QED) is 0.720. The van der Waals surface area contributed by atoms with Gasteiger partial charge in [-0.15, -0.1) is 0 Å². The Balaban J connectivity index is 1.77. The predicted molar refractivity (Wildman–Crippen MR) is 110 cm³/mol. The van der Waals surface area contributed by atoms with Gasteiger partial charge in [0.15, 0.2) is 11.0 Å². The van der Waals surface area contributed by atoms with Gasteiger partial charge in [0, 0.05) is 12.1 Å². The fourth-order valence-corrected chi connectivity index (χ4v) is 5.28. The van der Waals surface area contributed by atoms with Gasteiger partial charge in [-0.3, -0.25) is 13.9 Å². The van der Waals surface area contributed by atoms with Crippen molar-refractivity contribution in [3.8, 4) is 0 Å². The van der Waals surface area contributed by atoms with Crippen LogP contribution in [0.3, 0.4) is 0 Å². The number of amides is 2. The van der Waals surface area contributed by atoms with E-state index in [-0.39, 0.29) is 0 Å². The van der Waals surface area contributed by atoms with Crippen LogP contribution in [0.25, 0.3) is 0 Å². The van der Waals surface area contributed by atoms with Crippen molar-refractivity contribution in [3.63, 3.8) is 0 Å². The van der Waals surface area contributed by atoms with Gasteiger partial charge in [0.1, 0.15) is 5.92 Å². The highest BCUT2D eigenvalue weighted by molar-refractivity contribution is 7.83. The van der Waals surface area contributed by atoms with Crippen LogP contribution in [0.2, 0.25) is 10.0 Å². The fraction of sp³-hybridized carbons (Fsp3) is 0.300. The normalized spacial score (nSPS) is 21.1. The first-order chi connectivity index (χ1) is 13.4. The van der Waals surface area contributed by atoms with Gasteiger partial charge in [-0.25, -0.2) is 4.21 Å². The summed E-state index contributed by atoms with van der Waals surface area (Å²) in [6.45, 7) is 0. The molecule has 0 saturated heterocycles. The van der Waals surface area contributed by atoms with Gasteiger partial charge in [-0.2, -0.15) is 0 Å². The number of nitrogens with one attached hydrogen (secondary N) is 1. The van der Waals surface area contributed by atoms with E-state index in [1.165, 1.54) is 13.1 Å². The van der Waals surface area contributed by atoms with Crippen LogP contribution in [0.15, 0.2) is 35.2 Å². The zero-order valence-corrected chi connectivity index (χ0v) is 17.5. The third-order valence-electron chi connectivity index (χ3n) is 5.23. The molecule has 2 aromatic carbocycles. The second-order valence-electron chi connectivity index (χ2n) is 7.00. The predicted octanol–water partition coefficient (Wildman–Crippen LogP) is 4.09. The summed E-state index contributed by atoms with van der Waals surface area (Å²) < 4.78 is 13.9. The molecular formula is C20H18Cl2N2O3S. The standard InChI is InChI=1S/C20H18Cl2N2O3S/c1-24-20(26)18(19(25)23-16-10-13(21)6-7-15(16)22)14-8-11-4-2-3-5-12(11)9-17(14)28(24)27/h6-10,18H,2-5H2,1H3,(H,23,25). The molecule has 28 heavy (non-hydrogen) atoms. The van der Waals surface area contributed by atoms with E-state index in [0.717, 1.165) is 41.1 Å². The molecule has 2 atom stereocenters. The Hall–Kier alpha value is -1.89. The number of aryl methyl sites for hydroxylation is 2. The van der Waals surface area contributed by atoms with Crippen LogP contribution in [-0.4, -0.2) is 27.4 Å². The van der Waals surface area contributed by atoms with Gasteiger partial charge in [0.25, 0.3) is 5.91 Å². The Morgan fingerprint density at radius 3 is 2.54 bits per heavy atom. The van der Waals surface area contributed by atoms with Crippen molar-refractivity contribution in [2.75, 3.05) is 12.4 Å². The number of rotatable bonds is 2. The van der Waals surface area contributed by atoms with E-state index in [4.69, 9.17) is 23.2 Å². The molecule has 2 aliphatic rings. The summed E-state index contributed by atoms with van der Waals surface area (Å²) in [5, 5.41) is 3.45. The van der Waals surface area contributed by atoms with Gasteiger partial charge in [-0.1, -0.05) is 29.3 Å². The number of likely N-dealkylation sites (N-methyl/N-ethyl adjacent to an activating group) is 1. The van der Waals surface area contributed by atoms with Crippen molar-refractivity contribution in [1.82, 2.24) is 4.31 Å². The van der Waals surface area contributed by atoms with Crippen molar-refractivity contribution in [1.29, 1.82) is 0 Å². The van der Waals surface area contributed by atoms with Crippen LogP contribution in [0.4, 0.5) is 5.69 Å². The molecule has 0 spiro atoms. The third-order valence-corrected chi connectivity index (χ3v) is 7.20. The van der Waals surface area contributed by atoms with Gasteiger partial charge in [-0.05, 0) is 66.6 Å². The van der Waals surface area contributed by atoms with Crippen LogP contribution in [0.5, 0.6) is 0 Å². The Bertz CT molecular complexity index is 1020. The largest absolute Gasteiger partial charge is 0.324 e. The molecule has 0 fully saturated rings.